The van der Waals surface area contributed by atoms with E-state index in [2.05, 4.69) is 29.7 Å². The van der Waals surface area contributed by atoms with Gasteiger partial charge < -0.3 is 9.30 Å². The van der Waals surface area contributed by atoms with Crippen LogP contribution >= 0.6 is 0 Å². The van der Waals surface area contributed by atoms with Crippen molar-refractivity contribution in [1.29, 1.82) is 0 Å². The maximum atomic E-state index is 5.09. The van der Waals surface area contributed by atoms with E-state index in [4.69, 9.17) is 4.74 Å². The van der Waals surface area contributed by atoms with Crippen LogP contribution in [0, 0.1) is 13.0 Å². The average molecular weight is 188 g/mol. The lowest BCUT2D eigenvalue weighted by Crippen LogP contribution is -2.05. The van der Waals surface area contributed by atoms with Crippen LogP contribution in [0.5, 0.6) is 0 Å². The van der Waals surface area contributed by atoms with Gasteiger partial charge in [0, 0.05) is 30.3 Å². The first-order valence-electron chi connectivity index (χ1n) is 4.78. The molecule has 2 nitrogen and oxygen atoms in total. The van der Waals surface area contributed by atoms with Gasteiger partial charge in [-0.25, -0.2) is 0 Å². The van der Waals surface area contributed by atoms with Crippen molar-refractivity contribution in [3.05, 3.63) is 36.0 Å². The molecule has 1 aromatic heterocycles. The quantitative estimate of drug-likeness (QED) is 0.721. The van der Waals surface area contributed by atoms with E-state index in [9.17, 15) is 0 Å². The molecule has 1 aromatic carbocycles. The van der Waals surface area contributed by atoms with Gasteiger partial charge in [-0.2, -0.15) is 0 Å². The summed E-state index contributed by atoms with van der Waals surface area (Å²) >= 11 is 0. The van der Waals surface area contributed by atoms with E-state index in [-0.39, 0.29) is 0 Å². The van der Waals surface area contributed by atoms with Gasteiger partial charge in [0.1, 0.15) is 0 Å². The molecule has 0 atom stereocenters. The Morgan fingerprint density at radius 1 is 1.50 bits per heavy atom. The van der Waals surface area contributed by atoms with Crippen LogP contribution < -0.4 is 0 Å². The third-order valence-electron chi connectivity index (χ3n) is 2.47. The van der Waals surface area contributed by atoms with Crippen molar-refractivity contribution in [2.24, 2.45) is 0 Å². The lowest BCUT2D eigenvalue weighted by Gasteiger charge is -2.06. The van der Waals surface area contributed by atoms with E-state index >= 15 is 0 Å². The number of hydrogen-bond donors (Lipinski definition) is 0. The van der Waals surface area contributed by atoms with Gasteiger partial charge in [-0.15, -0.1) is 0 Å². The first-order chi connectivity index (χ1) is 6.83. The first kappa shape index (κ1) is 9.28. The van der Waals surface area contributed by atoms with Gasteiger partial charge in [-0.3, -0.25) is 0 Å². The molecular formula is C12H14NO. The SMILES string of the molecule is COCCn1c(C)cc2c[c]ccc21. The van der Waals surface area contributed by atoms with Crippen LogP contribution in [-0.4, -0.2) is 18.3 Å². The molecule has 1 radical (unpaired) electrons. The number of aryl methyl sites for hydroxylation is 1. The Kier molecular flexibility index (Phi) is 2.55. The van der Waals surface area contributed by atoms with Crippen molar-refractivity contribution in [3.63, 3.8) is 0 Å². The Morgan fingerprint density at radius 3 is 3.14 bits per heavy atom. The molecule has 0 aliphatic rings. The van der Waals surface area contributed by atoms with Gasteiger partial charge in [0.25, 0.3) is 0 Å². The van der Waals surface area contributed by atoms with E-state index in [1.165, 1.54) is 16.6 Å². The highest BCUT2D eigenvalue weighted by Crippen LogP contribution is 2.18. The Balaban J connectivity index is 2.45. The first-order valence-corrected chi connectivity index (χ1v) is 4.78. The summed E-state index contributed by atoms with van der Waals surface area (Å²) < 4.78 is 7.36. The van der Waals surface area contributed by atoms with Crippen LogP contribution in [0.3, 0.4) is 0 Å². The third-order valence-corrected chi connectivity index (χ3v) is 2.47. The van der Waals surface area contributed by atoms with E-state index in [1.807, 2.05) is 12.1 Å². The molecule has 0 N–H and O–H groups in total. The second-order valence-electron chi connectivity index (χ2n) is 3.42. The van der Waals surface area contributed by atoms with E-state index in [1.54, 1.807) is 7.11 Å². The fourth-order valence-corrected chi connectivity index (χ4v) is 1.77. The molecule has 2 rings (SSSR count). The van der Waals surface area contributed by atoms with Crippen LogP contribution in [0.1, 0.15) is 5.69 Å². The Morgan fingerprint density at radius 2 is 2.36 bits per heavy atom. The molecular weight excluding hydrogens is 174 g/mol. The van der Waals surface area contributed by atoms with Gasteiger partial charge in [-0.05, 0) is 31.2 Å². The zero-order chi connectivity index (χ0) is 9.97. The molecule has 2 heteroatoms. The molecule has 0 aliphatic carbocycles. The summed E-state index contributed by atoms with van der Waals surface area (Å²) in [4.78, 5) is 0. The molecule has 0 fully saturated rings. The van der Waals surface area contributed by atoms with Crippen molar-refractivity contribution < 1.29 is 4.74 Å². The highest BCUT2D eigenvalue weighted by molar-refractivity contribution is 5.81. The number of hydrogen-bond acceptors (Lipinski definition) is 1. The van der Waals surface area contributed by atoms with Gasteiger partial charge >= 0.3 is 0 Å². The van der Waals surface area contributed by atoms with Crippen molar-refractivity contribution in [2.75, 3.05) is 13.7 Å². The monoisotopic (exact) mass is 188 g/mol. The highest BCUT2D eigenvalue weighted by Gasteiger charge is 2.03. The smallest absolute Gasteiger partial charge is 0.0642 e. The Labute approximate surface area is 84.1 Å². The van der Waals surface area contributed by atoms with Gasteiger partial charge in [0.05, 0.1) is 6.61 Å². The second kappa shape index (κ2) is 3.84. The number of aromatic nitrogens is 1. The van der Waals surface area contributed by atoms with E-state index in [0.717, 1.165) is 13.2 Å². The fraction of sp³-hybridized carbons (Fsp3) is 0.333. The van der Waals surface area contributed by atoms with Gasteiger partial charge in [0.2, 0.25) is 0 Å². The topological polar surface area (TPSA) is 14.2 Å². The molecule has 0 bridgehead atoms. The Bertz CT molecular complexity index is 431. The summed E-state index contributed by atoms with van der Waals surface area (Å²) in [5.41, 5.74) is 2.54. The molecule has 0 aliphatic heterocycles. The standard InChI is InChI=1S/C12H14NO/c1-10-9-11-5-3-4-6-12(11)13(10)7-8-14-2/h4-6,9H,7-8H2,1-2H3. The zero-order valence-electron chi connectivity index (χ0n) is 8.58. The van der Waals surface area contributed by atoms with Crippen LogP contribution in [0.25, 0.3) is 10.9 Å². The van der Waals surface area contributed by atoms with Crippen molar-refractivity contribution in [1.82, 2.24) is 4.57 Å². The number of fused-ring (bicyclic) bond motifs is 1. The maximum Gasteiger partial charge on any atom is 0.0642 e. The number of ether oxygens (including phenoxy) is 1. The molecule has 14 heavy (non-hydrogen) atoms. The largest absolute Gasteiger partial charge is 0.383 e. The summed E-state index contributed by atoms with van der Waals surface area (Å²) in [6, 6.07) is 11.3. The average Bonchev–Trinajstić information content (AvgIpc) is 2.51. The predicted octanol–water partition coefficient (Wildman–Crippen LogP) is 2.40. The molecule has 0 unspecified atom stereocenters. The van der Waals surface area contributed by atoms with Crippen molar-refractivity contribution in [3.8, 4) is 0 Å². The molecule has 1 heterocycles. The van der Waals surface area contributed by atoms with Crippen molar-refractivity contribution >= 4 is 10.9 Å². The van der Waals surface area contributed by atoms with E-state index < -0.39 is 0 Å². The minimum absolute atomic E-state index is 0.753. The number of benzene rings is 1. The Hall–Kier alpha value is -1.28. The fourth-order valence-electron chi connectivity index (χ4n) is 1.77. The van der Waals surface area contributed by atoms with Crippen LogP contribution in [0.15, 0.2) is 24.3 Å². The molecule has 2 aromatic rings. The number of nitrogens with zero attached hydrogens (tertiary/aromatic N) is 1. The summed E-state index contributed by atoms with van der Waals surface area (Å²) in [7, 11) is 1.73. The predicted molar refractivity (Wildman–Crippen MR) is 57.4 cm³/mol. The zero-order valence-corrected chi connectivity index (χ0v) is 8.58. The van der Waals surface area contributed by atoms with Gasteiger partial charge in [-0.1, -0.05) is 6.07 Å². The van der Waals surface area contributed by atoms with E-state index in [0.29, 0.717) is 0 Å². The summed E-state index contributed by atoms with van der Waals surface area (Å²) in [6.07, 6.45) is 0. The minimum Gasteiger partial charge on any atom is -0.383 e. The van der Waals surface area contributed by atoms with Gasteiger partial charge in [0.15, 0.2) is 0 Å². The number of rotatable bonds is 3. The molecule has 0 saturated carbocycles. The third kappa shape index (κ3) is 1.53. The summed E-state index contributed by atoms with van der Waals surface area (Å²) in [5, 5.41) is 1.25. The maximum absolute atomic E-state index is 5.09. The minimum atomic E-state index is 0.753. The van der Waals surface area contributed by atoms with Crippen LogP contribution in [0.2, 0.25) is 0 Å². The molecule has 0 saturated heterocycles. The van der Waals surface area contributed by atoms with Crippen molar-refractivity contribution in [2.45, 2.75) is 13.5 Å². The second-order valence-corrected chi connectivity index (χ2v) is 3.42. The highest BCUT2D eigenvalue weighted by atomic mass is 16.5. The van der Waals surface area contributed by atoms with Crippen LogP contribution in [-0.2, 0) is 11.3 Å². The summed E-state index contributed by atoms with van der Waals surface area (Å²) in [5.74, 6) is 0. The lowest BCUT2D eigenvalue weighted by atomic mass is 10.2. The summed E-state index contributed by atoms with van der Waals surface area (Å²) in [6.45, 7) is 3.79. The molecule has 0 amide bonds. The molecule has 73 valence electrons. The normalized spacial score (nSPS) is 11.0. The molecule has 0 spiro atoms. The lowest BCUT2D eigenvalue weighted by molar-refractivity contribution is 0.188. The van der Waals surface area contributed by atoms with Crippen LogP contribution in [0.4, 0.5) is 0 Å². The number of methoxy groups -OCH3 is 1.